The van der Waals surface area contributed by atoms with Gasteiger partial charge in [-0.05, 0) is 30.0 Å². The van der Waals surface area contributed by atoms with Gasteiger partial charge in [-0.25, -0.2) is 0 Å². The first-order chi connectivity index (χ1) is 9.84. The van der Waals surface area contributed by atoms with Crippen LogP contribution in [0.2, 0.25) is 0 Å². The average Bonchev–Trinajstić information content (AvgIpc) is 2.50. The summed E-state index contributed by atoms with van der Waals surface area (Å²) < 4.78 is 0. The Balaban J connectivity index is 1.66. The summed E-state index contributed by atoms with van der Waals surface area (Å²) >= 11 is 0. The van der Waals surface area contributed by atoms with Gasteiger partial charge in [0.15, 0.2) is 0 Å². The molecule has 1 aliphatic heterocycles. The molecule has 0 saturated heterocycles. The summed E-state index contributed by atoms with van der Waals surface area (Å²) in [5.74, 6) is 0.0387. The van der Waals surface area contributed by atoms with E-state index in [4.69, 9.17) is 4.84 Å². The van der Waals surface area contributed by atoms with Crippen LogP contribution in [0, 0.1) is 0 Å². The minimum atomic E-state index is 0.0387. The lowest BCUT2D eigenvalue weighted by molar-refractivity contribution is -0.126. The van der Waals surface area contributed by atoms with Crippen LogP contribution in [0.4, 0.5) is 5.69 Å². The molecule has 0 atom stereocenters. The van der Waals surface area contributed by atoms with Crippen LogP contribution in [0.1, 0.15) is 17.5 Å². The molecule has 3 heteroatoms. The number of benzene rings is 2. The molecule has 0 aromatic heterocycles. The number of hydrogen-bond acceptors (Lipinski definition) is 2. The molecule has 2 aromatic rings. The molecule has 0 fully saturated rings. The minimum Gasteiger partial charge on any atom is -0.272 e. The Kier molecular flexibility index (Phi) is 3.79. The van der Waals surface area contributed by atoms with E-state index in [1.54, 1.807) is 0 Å². The molecule has 1 aliphatic rings. The van der Waals surface area contributed by atoms with Crippen molar-refractivity contribution in [2.24, 2.45) is 0 Å². The first-order valence-corrected chi connectivity index (χ1v) is 6.92. The molecule has 0 spiro atoms. The lowest BCUT2D eigenvalue weighted by Crippen LogP contribution is -2.35. The van der Waals surface area contributed by atoms with Gasteiger partial charge in [0.25, 0.3) is 5.91 Å². The maximum absolute atomic E-state index is 12.0. The maximum atomic E-state index is 12.0. The normalized spacial score (nSPS) is 14.2. The van der Waals surface area contributed by atoms with Crippen LogP contribution >= 0.6 is 0 Å². The number of aryl methyl sites for hydroxylation is 1. The van der Waals surface area contributed by atoms with Gasteiger partial charge < -0.3 is 0 Å². The Morgan fingerprint density at radius 2 is 1.70 bits per heavy atom. The van der Waals surface area contributed by atoms with E-state index in [9.17, 15) is 4.79 Å². The molecule has 0 N–H and O–H groups in total. The first-order valence-electron chi connectivity index (χ1n) is 6.92. The third-order valence-corrected chi connectivity index (χ3v) is 3.50. The van der Waals surface area contributed by atoms with Crippen molar-refractivity contribution in [1.29, 1.82) is 0 Å². The van der Waals surface area contributed by atoms with Crippen LogP contribution in [0.25, 0.3) is 0 Å². The minimum absolute atomic E-state index is 0.0387. The topological polar surface area (TPSA) is 29.5 Å². The molecule has 102 valence electrons. The molecule has 3 nitrogen and oxygen atoms in total. The van der Waals surface area contributed by atoms with Crippen LogP contribution in [0.3, 0.4) is 0 Å². The van der Waals surface area contributed by atoms with E-state index in [-0.39, 0.29) is 5.91 Å². The van der Waals surface area contributed by atoms with E-state index < -0.39 is 0 Å². The second-order valence-corrected chi connectivity index (χ2v) is 4.89. The van der Waals surface area contributed by atoms with Crippen molar-refractivity contribution in [2.75, 3.05) is 11.7 Å². The molecule has 0 aliphatic carbocycles. The van der Waals surface area contributed by atoms with E-state index >= 15 is 0 Å². The Labute approximate surface area is 118 Å². The molecular formula is C17H17NO2. The summed E-state index contributed by atoms with van der Waals surface area (Å²) in [4.78, 5) is 17.7. The third-order valence-electron chi connectivity index (χ3n) is 3.50. The zero-order valence-corrected chi connectivity index (χ0v) is 11.3. The molecule has 1 heterocycles. The number of hydrogen-bond donors (Lipinski definition) is 0. The van der Waals surface area contributed by atoms with Crippen LogP contribution in [0.15, 0.2) is 54.6 Å². The van der Waals surface area contributed by atoms with E-state index in [1.165, 1.54) is 16.2 Å². The third kappa shape index (κ3) is 2.73. The van der Waals surface area contributed by atoms with Gasteiger partial charge in [-0.15, -0.1) is 0 Å². The van der Waals surface area contributed by atoms with Gasteiger partial charge in [0.05, 0.1) is 12.3 Å². The van der Waals surface area contributed by atoms with Gasteiger partial charge in [0.2, 0.25) is 0 Å². The Morgan fingerprint density at radius 3 is 2.55 bits per heavy atom. The van der Waals surface area contributed by atoms with E-state index in [2.05, 4.69) is 18.2 Å². The number of rotatable bonds is 4. The number of para-hydroxylation sites is 1. The fraction of sp³-hybridized carbons (Fsp3) is 0.235. The summed E-state index contributed by atoms with van der Waals surface area (Å²) in [7, 11) is 0. The summed E-state index contributed by atoms with van der Waals surface area (Å²) in [6.45, 7) is 0.504. The highest BCUT2D eigenvalue weighted by Crippen LogP contribution is 2.27. The van der Waals surface area contributed by atoms with Gasteiger partial charge in [-0.1, -0.05) is 48.5 Å². The van der Waals surface area contributed by atoms with Crippen molar-refractivity contribution in [2.45, 2.75) is 19.3 Å². The highest BCUT2D eigenvalue weighted by atomic mass is 16.7. The second-order valence-electron chi connectivity index (χ2n) is 4.89. The van der Waals surface area contributed by atoms with Crippen LogP contribution in [-0.2, 0) is 22.5 Å². The van der Waals surface area contributed by atoms with E-state index in [1.807, 2.05) is 36.4 Å². The predicted molar refractivity (Wildman–Crippen MR) is 78.3 cm³/mol. The number of carbonyl (C=O) groups is 1. The molecule has 0 radical (unpaired) electrons. The molecule has 0 bridgehead atoms. The molecule has 0 unspecified atom stereocenters. The number of hydroxylamine groups is 1. The Morgan fingerprint density at radius 1 is 0.950 bits per heavy atom. The highest BCUT2D eigenvalue weighted by Gasteiger charge is 2.24. The van der Waals surface area contributed by atoms with Gasteiger partial charge in [-0.2, -0.15) is 5.06 Å². The summed E-state index contributed by atoms with van der Waals surface area (Å²) in [6, 6.07) is 18.1. The SMILES string of the molecule is O=C1CCc2ccccc2N1OCCc1ccccc1. The van der Waals surface area contributed by atoms with Gasteiger partial charge in [-0.3, -0.25) is 9.63 Å². The largest absolute Gasteiger partial charge is 0.272 e. The summed E-state index contributed by atoms with van der Waals surface area (Å²) in [6.07, 6.45) is 2.11. The smallest absolute Gasteiger partial charge is 0.251 e. The quantitative estimate of drug-likeness (QED) is 0.851. The number of carbonyl (C=O) groups excluding carboxylic acids is 1. The summed E-state index contributed by atoms with van der Waals surface area (Å²) in [5, 5.41) is 1.46. The van der Waals surface area contributed by atoms with Crippen LogP contribution < -0.4 is 5.06 Å². The van der Waals surface area contributed by atoms with Crippen LogP contribution in [0.5, 0.6) is 0 Å². The molecular weight excluding hydrogens is 250 g/mol. The second kappa shape index (κ2) is 5.88. The lowest BCUT2D eigenvalue weighted by atomic mass is 10.0. The van der Waals surface area contributed by atoms with Gasteiger partial charge in [0.1, 0.15) is 0 Å². The Bertz CT molecular complexity index is 595. The standard InChI is InChI=1S/C17H17NO2/c19-17-11-10-15-8-4-5-9-16(15)18(17)20-13-12-14-6-2-1-3-7-14/h1-9H,10-13H2. The lowest BCUT2D eigenvalue weighted by Gasteiger charge is -2.28. The van der Waals surface area contributed by atoms with Crippen molar-refractivity contribution < 1.29 is 9.63 Å². The fourth-order valence-corrected chi connectivity index (χ4v) is 2.44. The molecule has 20 heavy (non-hydrogen) atoms. The molecule has 0 saturated carbocycles. The number of fused-ring (bicyclic) bond motifs is 1. The first kappa shape index (κ1) is 12.9. The van der Waals surface area contributed by atoms with Crippen molar-refractivity contribution in [3.63, 3.8) is 0 Å². The highest BCUT2D eigenvalue weighted by molar-refractivity contribution is 5.94. The fourth-order valence-electron chi connectivity index (χ4n) is 2.44. The predicted octanol–water partition coefficient (Wildman–Crippen LogP) is 3.14. The zero-order valence-electron chi connectivity index (χ0n) is 11.3. The molecule has 3 rings (SSSR count). The molecule has 1 amide bonds. The molecule has 2 aromatic carbocycles. The number of anilines is 1. The van der Waals surface area contributed by atoms with Crippen LogP contribution in [-0.4, -0.2) is 12.5 Å². The van der Waals surface area contributed by atoms with Gasteiger partial charge in [0, 0.05) is 6.42 Å². The average molecular weight is 267 g/mol. The number of nitrogens with zero attached hydrogens (tertiary/aromatic N) is 1. The zero-order chi connectivity index (χ0) is 13.8. The van der Waals surface area contributed by atoms with Crippen molar-refractivity contribution in [3.05, 3.63) is 65.7 Å². The van der Waals surface area contributed by atoms with Crippen molar-refractivity contribution in [1.82, 2.24) is 0 Å². The monoisotopic (exact) mass is 267 g/mol. The van der Waals surface area contributed by atoms with Gasteiger partial charge >= 0.3 is 0 Å². The van der Waals surface area contributed by atoms with Crippen molar-refractivity contribution >= 4 is 11.6 Å². The number of amides is 1. The summed E-state index contributed by atoms with van der Waals surface area (Å²) in [5.41, 5.74) is 3.27. The Hall–Kier alpha value is -2.13. The maximum Gasteiger partial charge on any atom is 0.251 e. The van der Waals surface area contributed by atoms with E-state index in [0.717, 1.165) is 18.5 Å². The van der Waals surface area contributed by atoms with E-state index in [0.29, 0.717) is 13.0 Å². The van der Waals surface area contributed by atoms with Crippen molar-refractivity contribution in [3.8, 4) is 0 Å².